The van der Waals surface area contributed by atoms with Gasteiger partial charge in [0.1, 0.15) is 3.70 Å². The van der Waals surface area contributed by atoms with Crippen molar-refractivity contribution in [3.8, 4) is 0 Å². The third-order valence-corrected chi connectivity index (χ3v) is 2.49. The molecule has 0 saturated carbocycles. The normalized spacial score (nSPS) is 10.5. The minimum Gasteiger partial charge on any atom is -0.242 e. The van der Waals surface area contributed by atoms with E-state index in [0.717, 1.165) is 9.22 Å². The number of rotatable bonds is 0. The van der Waals surface area contributed by atoms with Gasteiger partial charge in [0, 0.05) is 5.39 Å². The molecule has 0 saturated heterocycles. The number of para-hydroxylation sites is 1. The van der Waals surface area contributed by atoms with Crippen molar-refractivity contribution in [3.63, 3.8) is 0 Å². The number of aromatic nitrogens is 1. The minimum absolute atomic E-state index is 1.05. The molecule has 1 aromatic carbocycles. The van der Waals surface area contributed by atoms with E-state index in [4.69, 9.17) is 0 Å². The van der Waals surface area contributed by atoms with Crippen LogP contribution in [0.3, 0.4) is 0 Å². The van der Waals surface area contributed by atoms with Crippen LogP contribution >= 0.6 is 22.6 Å². The Morgan fingerprint density at radius 3 is 2.83 bits per heavy atom. The molecule has 0 aliphatic heterocycles. The van der Waals surface area contributed by atoms with Crippen LogP contribution in [0.15, 0.2) is 30.3 Å². The lowest BCUT2D eigenvalue weighted by molar-refractivity contribution is 1.32. The van der Waals surface area contributed by atoms with Gasteiger partial charge in [-0.15, -0.1) is 0 Å². The van der Waals surface area contributed by atoms with Gasteiger partial charge in [-0.25, -0.2) is 4.98 Å². The first-order valence-corrected chi connectivity index (χ1v) is 4.87. The van der Waals surface area contributed by atoms with Gasteiger partial charge in [-0.1, -0.05) is 24.3 Å². The molecular formula is C10H8IN. The lowest BCUT2D eigenvalue weighted by Gasteiger charge is -2.00. The van der Waals surface area contributed by atoms with Crippen LogP contribution in [0.4, 0.5) is 0 Å². The van der Waals surface area contributed by atoms with Gasteiger partial charge < -0.3 is 0 Å². The van der Waals surface area contributed by atoms with E-state index < -0.39 is 0 Å². The van der Waals surface area contributed by atoms with E-state index in [1.165, 1.54) is 10.9 Å². The predicted molar refractivity (Wildman–Crippen MR) is 59.2 cm³/mol. The third-order valence-electron chi connectivity index (χ3n) is 1.89. The standard InChI is InChI=1S/C10H8IN/c1-7-3-2-4-8-5-6-9(11)12-10(7)8/h2-6H,1H3. The maximum absolute atomic E-state index is 4.46. The average molecular weight is 269 g/mol. The van der Waals surface area contributed by atoms with Crippen molar-refractivity contribution < 1.29 is 0 Å². The summed E-state index contributed by atoms with van der Waals surface area (Å²) < 4.78 is 1.05. The van der Waals surface area contributed by atoms with Crippen LogP contribution in [0.1, 0.15) is 5.56 Å². The Morgan fingerprint density at radius 2 is 2.00 bits per heavy atom. The molecule has 0 N–H and O–H groups in total. The second-order valence-electron chi connectivity index (χ2n) is 2.78. The van der Waals surface area contributed by atoms with Crippen LogP contribution < -0.4 is 0 Å². The quantitative estimate of drug-likeness (QED) is 0.529. The summed E-state index contributed by atoms with van der Waals surface area (Å²) in [5.74, 6) is 0. The molecule has 60 valence electrons. The lowest BCUT2D eigenvalue weighted by Crippen LogP contribution is -1.84. The van der Waals surface area contributed by atoms with E-state index >= 15 is 0 Å². The van der Waals surface area contributed by atoms with Gasteiger partial charge in [-0.2, -0.15) is 0 Å². The van der Waals surface area contributed by atoms with E-state index in [2.05, 4.69) is 58.8 Å². The average Bonchev–Trinajstić information content (AvgIpc) is 2.07. The Kier molecular flexibility index (Phi) is 2.00. The molecular weight excluding hydrogens is 261 g/mol. The van der Waals surface area contributed by atoms with Gasteiger partial charge in [0.05, 0.1) is 5.52 Å². The van der Waals surface area contributed by atoms with Crippen LogP contribution in [0.5, 0.6) is 0 Å². The molecule has 0 amide bonds. The first kappa shape index (κ1) is 7.98. The highest BCUT2D eigenvalue weighted by atomic mass is 127. The summed E-state index contributed by atoms with van der Waals surface area (Å²) in [6.07, 6.45) is 0. The van der Waals surface area contributed by atoms with E-state index in [1.807, 2.05) is 6.07 Å². The highest BCUT2D eigenvalue weighted by Gasteiger charge is 1.97. The Bertz CT molecular complexity index is 423. The summed E-state index contributed by atoms with van der Waals surface area (Å²) in [6, 6.07) is 10.4. The molecule has 0 radical (unpaired) electrons. The molecule has 0 atom stereocenters. The molecule has 0 aliphatic rings. The van der Waals surface area contributed by atoms with Crippen LogP contribution in [-0.2, 0) is 0 Å². The first-order valence-electron chi connectivity index (χ1n) is 3.79. The number of aryl methyl sites for hydroxylation is 1. The van der Waals surface area contributed by atoms with Crippen LogP contribution in [0.2, 0.25) is 0 Å². The zero-order valence-electron chi connectivity index (χ0n) is 6.71. The number of fused-ring (bicyclic) bond motifs is 1. The van der Waals surface area contributed by atoms with E-state index in [-0.39, 0.29) is 0 Å². The molecule has 0 aliphatic carbocycles. The van der Waals surface area contributed by atoms with Crippen molar-refractivity contribution in [2.75, 3.05) is 0 Å². The van der Waals surface area contributed by atoms with Crippen molar-refractivity contribution in [2.45, 2.75) is 6.92 Å². The topological polar surface area (TPSA) is 12.9 Å². The van der Waals surface area contributed by atoms with Gasteiger partial charge in [0.25, 0.3) is 0 Å². The summed E-state index contributed by atoms with van der Waals surface area (Å²) in [6.45, 7) is 2.09. The largest absolute Gasteiger partial charge is 0.242 e. The van der Waals surface area contributed by atoms with Crippen LogP contribution in [-0.4, -0.2) is 4.98 Å². The number of nitrogens with zero attached hydrogens (tertiary/aromatic N) is 1. The van der Waals surface area contributed by atoms with Crippen LogP contribution in [0.25, 0.3) is 10.9 Å². The third kappa shape index (κ3) is 1.31. The summed E-state index contributed by atoms with van der Waals surface area (Å²) in [5.41, 5.74) is 2.36. The first-order chi connectivity index (χ1) is 5.77. The monoisotopic (exact) mass is 269 g/mol. The van der Waals surface area contributed by atoms with Crippen molar-refractivity contribution in [2.24, 2.45) is 0 Å². The molecule has 1 nitrogen and oxygen atoms in total. The SMILES string of the molecule is Cc1cccc2ccc(I)nc12. The van der Waals surface area contributed by atoms with E-state index in [0.29, 0.717) is 0 Å². The molecule has 2 rings (SSSR count). The highest BCUT2D eigenvalue weighted by molar-refractivity contribution is 14.1. The summed E-state index contributed by atoms with van der Waals surface area (Å²) >= 11 is 2.23. The lowest BCUT2D eigenvalue weighted by atomic mass is 10.1. The van der Waals surface area contributed by atoms with E-state index in [9.17, 15) is 0 Å². The summed E-state index contributed by atoms with van der Waals surface area (Å²) in [5, 5.41) is 1.22. The van der Waals surface area contributed by atoms with Gasteiger partial charge in [-0.3, -0.25) is 0 Å². The zero-order chi connectivity index (χ0) is 8.55. The van der Waals surface area contributed by atoms with Crippen molar-refractivity contribution >= 4 is 33.5 Å². The number of hydrogen-bond donors (Lipinski definition) is 0. The Morgan fingerprint density at radius 1 is 1.17 bits per heavy atom. The fraction of sp³-hybridized carbons (Fsp3) is 0.100. The Hall–Kier alpha value is -0.640. The second kappa shape index (κ2) is 3.01. The smallest absolute Gasteiger partial charge is 0.102 e. The predicted octanol–water partition coefficient (Wildman–Crippen LogP) is 3.15. The number of benzene rings is 1. The molecule has 0 bridgehead atoms. The molecule has 0 spiro atoms. The van der Waals surface area contributed by atoms with Gasteiger partial charge >= 0.3 is 0 Å². The summed E-state index contributed by atoms with van der Waals surface area (Å²) in [4.78, 5) is 4.46. The molecule has 2 heteroatoms. The molecule has 0 unspecified atom stereocenters. The van der Waals surface area contributed by atoms with Crippen LogP contribution in [0, 0.1) is 10.6 Å². The number of pyridine rings is 1. The van der Waals surface area contributed by atoms with Gasteiger partial charge in [0.15, 0.2) is 0 Å². The van der Waals surface area contributed by atoms with E-state index in [1.54, 1.807) is 0 Å². The maximum Gasteiger partial charge on any atom is 0.102 e. The molecule has 12 heavy (non-hydrogen) atoms. The fourth-order valence-electron chi connectivity index (χ4n) is 1.27. The minimum atomic E-state index is 1.05. The van der Waals surface area contributed by atoms with Gasteiger partial charge in [-0.05, 0) is 41.1 Å². The maximum atomic E-state index is 4.46. The Labute approximate surface area is 85.0 Å². The zero-order valence-corrected chi connectivity index (χ0v) is 8.87. The summed E-state index contributed by atoms with van der Waals surface area (Å²) in [7, 11) is 0. The second-order valence-corrected chi connectivity index (χ2v) is 3.89. The Balaban J connectivity index is 2.88. The van der Waals surface area contributed by atoms with Crippen molar-refractivity contribution in [3.05, 3.63) is 39.6 Å². The van der Waals surface area contributed by atoms with Crippen molar-refractivity contribution in [1.29, 1.82) is 0 Å². The number of halogens is 1. The molecule has 1 aromatic heterocycles. The number of hydrogen-bond acceptors (Lipinski definition) is 1. The highest BCUT2D eigenvalue weighted by Crippen LogP contribution is 2.16. The van der Waals surface area contributed by atoms with Crippen molar-refractivity contribution in [1.82, 2.24) is 4.98 Å². The van der Waals surface area contributed by atoms with Gasteiger partial charge in [0.2, 0.25) is 0 Å². The molecule has 0 fully saturated rings. The molecule has 1 heterocycles. The molecule has 2 aromatic rings. The fourth-order valence-corrected chi connectivity index (χ4v) is 1.69.